The Balaban J connectivity index is 1.54. The number of para-hydroxylation sites is 1. The number of nitrogens with zero attached hydrogens (tertiary/aromatic N) is 2. The highest BCUT2D eigenvalue weighted by Crippen LogP contribution is 2.33. The highest BCUT2D eigenvalue weighted by Gasteiger charge is 2.42. The van der Waals surface area contributed by atoms with Gasteiger partial charge in [0.05, 0.1) is 0 Å². The minimum atomic E-state index is -1.51. The molecule has 0 saturated carbocycles. The third-order valence-electron chi connectivity index (χ3n) is 7.74. The Labute approximate surface area is 237 Å². The van der Waals surface area contributed by atoms with Crippen molar-refractivity contribution < 1.29 is 19.4 Å². The molecule has 1 aliphatic rings. The van der Waals surface area contributed by atoms with E-state index in [9.17, 15) is 14.7 Å². The molecule has 0 spiro atoms. The Bertz CT molecular complexity index is 1330. The van der Waals surface area contributed by atoms with Crippen molar-refractivity contribution in [1.82, 2.24) is 9.80 Å². The molecule has 1 aliphatic heterocycles. The molecule has 1 amide bonds. The lowest BCUT2D eigenvalue weighted by Gasteiger charge is -2.43. The zero-order valence-electron chi connectivity index (χ0n) is 24.2. The summed E-state index contributed by atoms with van der Waals surface area (Å²) in [6.07, 6.45) is 3.31. The number of phenols is 1. The molecule has 3 aromatic carbocycles. The summed E-state index contributed by atoms with van der Waals surface area (Å²) in [4.78, 5) is 31.4. The Morgan fingerprint density at radius 1 is 1.00 bits per heavy atom. The first-order valence-electron chi connectivity index (χ1n) is 14.4. The molecule has 0 radical (unpaired) electrons. The molecule has 0 bridgehead atoms. The zero-order valence-corrected chi connectivity index (χ0v) is 24.2. The number of phenolic OH excluding ortho intramolecular Hbond substituents is 1. The van der Waals surface area contributed by atoms with Crippen LogP contribution in [0, 0.1) is 0 Å². The molecule has 214 valence electrons. The van der Waals surface area contributed by atoms with Crippen LogP contribution in [-0.2, 0) is 15.1 Å². The Kier molecular flexibility index (Phi) is 9.16. The number of esters is 1. The fourth-order valence-electron chi connectivity index (χ4n) is 5.55. The van der Waals surface area contributed by atoms with Gasteiger partial charge in [0.1, 0.15) is 16.9 Å². The van der Waals surface area contributed by atoms with Gasteiger partial charge in [-0.25, -0.2) is 4.79 Å². The van der Waals surface area contributed by atoms with E-state index >= 15 is 0 Å². The maximum atomic E-state index is 13.7. The van der Waals surface area contributed by atoms with Crippen LogP contribution in [0.15, 0.2) is 66.7 Å². The van der Waals surface area contributed by atoms with Crippen LogP contribution in [-0.4, -0.2) is 64.6 Å². The van der Waals surface area contributed by atoms with Crippen molar-refractivity contribution in [3.63, 3.8) is 0 Å². The second kappa shape index (κ2) is 12.4. The van der Waals surface area contributed by atoms with E-state index in [4.69, 9.17) is 10.5 Å². The number of nitrogens with two attached hydrogens (primary N) is 1. The van der Waals surface area contributed by atoms with Crippen LogP contribution in [0.25, 0.3) is 10.8 Å². The first-order chi connectivity index (χ1) is 19.0. The van der Waals surface area contributed by atoms with Gasteiger partial charge in [0.25, 0.3) is 5.91 Å². The number of rotatable bonds is 9. The fraction of sp³-hybridized carbons (Fsp3) is 0.455. The summed E-state index contributed by atoms with van der Waals surface area (Å²) in [6.45, 7) is 10.0. The SMILES string of the molecule is CCCC[C@H]1CN(C(=O)c2cccc3ccccc23)CCN1CCC(N)(C(=O)OC(C)(C)C)c1ccccc1O. The van der Waals surface area contributed by atoms with E-state index in [0.717, 1.165) is 35.6 Å². The first-order valence-corrected chi connectivity index (χ1v) is 14.4. The largest absolute Gasteiger partial charge is 0.508 e. The Morgan fingerprint density at radius 2 is 1.70 bits per heavy atom. The monoisotopic (exact) mass is 545 g/mol. The van der Waals surface area contributed by atoms with Gasteiger partial charge in [0.2, 0.25) is 0 Å². The average Bonchev–Trinajstić information content (AvgIpc) is 2.93. The number of aromatic hydroxyl groups is 1. The number of amides is 1. The Hall–Kier alpha value is -3.42. The summed E-state index contributed by atoms with van der Waals surface area (Å²) < 4.78 is 5.73. The van der Waals surface area contributed by atoms with Gasteiger partial charge in [-0.05, 0) is 56.5 Å². The van der Waals surface area contributed by atoms with Crippen LogP contribution >= 0.6 is 0 Å². The number of ether oxygens (including phenoxy) is 1. The lowest BCUT2D eigenvalue weighted by molar-refractivity contribution is -0.162. The topological polar surface area (TPSA) is 96.1 Å². The van der Waals surface area contributed by atoms with Gasteiger partial charge in [0, 0.05) is 43.3 Å². The van der Waals surface area contributed by atoms with E-state index in [-0.39, 0.29) is 24.1 Å². The maximum Gasteiger partial charge on any atom is 0.331 e. The third-order valence-corrected chi connectivity index (χ3v) is 7.74. The lowest BCUT2D eigenvalue weighted by Crippen LogP contribution is -2.57. The summed E-state index contributed by atoms with van der Waals surface area (Å²) in [5, 5.41) is 12.7. The van der Waals surface area contributed by atoms with E-state index in [1.807, 2.05) is 68.1 Å². The first kappa shape index (κ1) is 29.6. The second-order valence-corrected chi connectivity index (χ2v) is 11.9. The van der Waals surface area contributed by atoms with Crippen molar-refractivity contribution in [2.45, 2.75) is 70.6 Å². The van der Waals surface area contributed by atoms with Crippen LogP contribution in [0.2, 0.25) is 0 Å². The van der Waals surface area contributed by atoms with Crippen LogP contribution in [0.4, 0.5) is 0 Å². The van der Waals surface area contributed by atoms with Crippen LogP contribution in [0.1, 0.15) is 69.3 Å². The number of carbonyl (C=O) groups excluding carboxylic acids is 2. The quantitative estimate of drug-likeness (QED) is 0.347. The van der Waals surface area contributed by atoms with Gasteiger partial charge in [-0.3, -0.25) is 9.69 Å². The molecule has 1 saturated heterocycles. The molecule has 40 heavy (non-hydrogen) atoms. The number of fused-ring (bicyclic) bond motifs is 1. The van der Waals surface area contributed by atoms with Crippen molar-refractivity contribution >= 4 is 22.6 Å². The summed E-state index contributed by atoms with van der Waals surface area (Å²) in [5.41, 5.74) is 5.67. The molecule has 1 heterocycles. The maximum absolute atomic E-state index is 13.7. The molecular weight excluding hydrogens is 502 g/mol. The van der Waals surface area contributed by atoms with E-state index in [2.05, 4.69) is 11.8 Å². The van der Waals surface area contributed by atoms with E-state index < -0.39 is 17.1 Å². The van der Waals surface area contributed by atoms with Gasteiger partial charge in [0.15, 0.2) is 0 Å². The van der Waals surface area contributed by atoms with E-state index in [1.54, 1.807) is 24.3 Å². The van der Waals surface area contributed by atoms with Gasteiger partial charge >= 0.3 is 5.97 Å². The minimum Gasteiger partial charge on any atom is -0.508 e. The molecule has 0 aliphatic carbocycles. The van der Waals surface area contributed by atoms with Crippen LogP contribution in [0.5, 0.6) is 5.75 Å². The van der Waals surface area contributed by atoms with Gasteiger partial charge < -0.3 is 20.5 Å². The second-order valence-electron chi connectivity index (χ2n) is 11.9. The number of unbranched alkanes of at least 4 members (excludes halogenated alkanes) is 1. The molecule has 3 N–H and O–H groups in total. The van der Waals surface area contributed by atoms with Crippen molar-refractivity contribution in [2.24, 2.45) is 5.73 Å². The molecule has 1 fully saturated rings. The van der Waals surface area contributed by atoms with Crippen molar-refractivity contribution in [1.29, 1.82) is 0 Å². The van der Waals surface area contributed by atoms with Crippen molar-refractivity contribution in [3.05, 3.63) is 77.9 Å². The molecule has 7 heteroatoms. The van der Waals surface area contributed by atoms with E-state index in [1.165, 1.54) is 0 Å². The lowest BCUT2D eigenvalue weighted by atomic mass is 9.86. The average molecular weight is 546 g/mol. The van der Waals surface area contributed by atoms with Crippen LogP contribution < -0.4 is 5.73 Å². The Morgan fingerprint density at radius 3 is 2.42 bits per heavy atom. The van der Waals surface area contributed by atoms with Crippen LogP contribution in [0.3, 0.4) is 0 Å². The standard InChI is InChI=1S/C33H43N3O4/c1-5-6-14-25-23-36(30(38)27-16-11-13-24-12-7-8-15-26(24)27)22-21-35(25)20-19-33(34,31(39)40-32(2,3)4)28-17-9-10-18-29(28)37/h7-13,15-18,25,37H,5-6,14,19-23,34H2,1-4H3/t25-,33?/m0/s1. The molecule has 3 aromatic rings. The summed E-state index contributed by atoms with van der Waals surface area (Å²) in [6, 6.07) is 20.7. The third kappa shape index (κ3) is 6.65. The number of hydrogen-bond acceptors (Lipinski definition) is 6. The van der Waals surface area contributed by atoms with Gasteiger partial charge in [-0.2, -0.15) is 0 Å². The van der Waals surface area contributed by atoms with Crippen molar-refractivity contribution in [3.8, 4) is 5.75 Å². The smallest absolute Gasteiger partial charge is 0.331 e. The fourth-order valence-corrected chi connectivity index (χ4v) is 5.55. The molecule has 4 rings (SSSR count). The van der Waals surface area contributed by atoms with Gasteiger partial charge in [-0.15, -0.1) is 0 Å². The van der Waals surface area contributed by atoms with Crippen molar-refractivity contribution in [2.75, 3.05) is 26.2 Å². The number of hydrogen-bond donors (Lipinski definition) is 2. The molecule has 7 nitrogen and oxygen atoms in total. The zero-order chi connectivity index (χ0) is 28.9. The van der Waals surface area contributed by atoms with E-state index in [0.29, 0.717) is 31.7 Å². The minimum absolute atomic E-state index is 0.0242. The summed E-state index contributed by atoms with van der Waals surface area (Å²) >= 11 is 0. The normalized spacial score (nSPS) is 17.9. The number of benzene rings is 3. The molecule has 2 atom stereocenters. The molecule has 1 unspecified atom stereocenters. The highest BCUT2D eigenvalue weighted by molar-refractivity contribution is 6.07. The number of piperazine rings is 1. The molecule has 0 aromatic heterocycles. The predicted molar refractivity (Wildman–Crippen MR) is 159 cm³/mol. The van der Waals surface area contributed by atoms with Gasteiger partial charge in [-0.1, -0.05) is 74.4 Å². The predicted octanol–water partition coefficient (Wildman–Crippen LogP) is 5.45. The number of carbonyl (C=O) groups is 2. The molecular formula is C33H43N3O4. The summed E-state index contributed by atoms with van der Waals surface area (Å²) in [7, 11) is 0. The highest BCUT2D eigenvalue weighted by atomic mass is 16.6. The summed E-state index contributed by atoms with van der Waals surface area (Å²) in [5.74, 6) is -0.533.